The van der Waals surface area contributed by atoms with E-state index in [1.54, 1.807) is 23.7 Å². The molecule has 0 aliphatic heterocycles. The summed E-state index contributed by atoms with van der Waals surface area (Å²) in [4.78, 5) is 13.5. The molecule has 0 aliphatic carbocycles. The maximum absolute atomic E-state index is 14.3. The molecule has 0 radical (unpaired) electrons. The summed E-state index contributed by atoms with van der Waals surface area (Å²) in [7, 11) is 1.79. The maximum Gasteiger partial charge on any atom is 0.417 e. The van der Waals surface area contributed by atoms with E-state index in [0.29, 0.717) is 29.8 Å². The molecule has 1 unspecified atom stereocenters. The number of rotatable bonds is 12. The third kappa shape index (κ3) is 10.0. The van der Waals surface area contributed by atoms with Gasteiger partial charge in [-0.2, -0.15) is 13.2 Å². The number of hydrogen-bond donors (Lipinski definition) is 0. The summed E-state index contributed by atoms with van der Waals surface area (Å²) < 4.78 is 57.2. The topological polar surface area (TPSA) is 40.5 Å². The Morgan fingerprint density at radius 2 is 1.50 bits per heavy atom. The summed E-state index contributed by atoms with van der Waals surface area (Å²) in [6.45, 7) is 22.4. The van der Waals surface area contributed by atoms with Gasteiger partial charge in [0.2, 0.25) is 0 Å². The molecule has 256 valence electrons. The molecule has 1 heterocycles. The second-order valence-electron chi connectivity index (χ2n) is 16.5. The molecule has 0 N–H and O–H groups in total. The van der Waals surface area contributed by atoms with Gasteiger partial charge in [-0.15, -0.1) is 0 Å². The summed E-state index contributed by atoms with van der Waals surface area (Å²) in [5.74, 6) is 0.142. The second kappa shape index (κ2) is 13.6. The van der Waals surface area contributed by atoms with Crippen LogP contribution in [0, 0.1) is 16.7 Å². The first-order chi connectivity index (χ1) is 20.9. The van der Waals surface area contributed by atoms with Crippen LogP contribution in [-0.2, 0) is 29.2 Å². The molecular weight excluding hydrogens is 587 g/mol. The zero-order chi connectivity index (χ0) is 34.9. The maximum atomic E-state index is 14.3. The summed E-state index contributed by atoms with van der Waals surface area (Å²) in [5.41, 5.74) is -0.240. The Balaban J connectivity index is 1.85. The lowest BCUT2D eigenvalue weighted by Crippen LogP contribution is -2.43. The number of hydrogen-bond acceptors (Lipinski definition) is 3. The molecule has 4 nitrogen and oxygen atoms in total. The minimum Gasteiger partial charge on any atom is -0.488 e. The first-order valence-corrected chi connectivity index (χ1v) is 16.6. The van der Waals surface area contributed by atoms with Gasteiger partial charge in [0.15, 0.2) is 0 Å². The molecule has 1 atom stereocenters. The molecule has 7 heteroatoms. The van der Waals surface area contributed by atoms with E-state index >= 15 is 0 Å². The number of ether oxygens (including phenoxy) is 2. The van der Waals surface area contributed by atoms with Crippen molar-refractivity contribution in [3.63, 3.8) is 0 Å². The fraction of sp³-hybridized carbons (Fsp3) is 0.615. The Morgan fingerprint density at radius 1 is 0.848 bits per heavy atom. The molecule has 3 aromatic rings. The van der Waals surface area contributed by atoms with Gasteiger partial charge in [-0.3, -0.25) is 4.79 Å². The van der Waals surface area contributed by atoms with Gasteiger partial charge in [0.1, 0.15) is 17.0 Å². The average molecular weight is 644 g/mol. The third-order valence-corrected chi connectivity index (χ3v) is 8.52. The molecule has 0 saturated heterocycles. The Hall–Kier alpha value is -2.96. The lowest BCUT2D eigenvalue weighted by Gasteiger charge is -2.39. The summed E-state index contributed by atoms with van der Waals surface area (Å²) in [6.07, 6.45) is 0.197. The molecule has 0 fully saturated rings. The fourth-order valence-corrected chi connectivity index (χ4v) is 6.53. The Kier molecular flexibility index (Phi) is 11.1. The van der Waals surface area contributed by atoms with Crippen LogP contribution in [0.1, 0.15) is 119 Å². The molecule has 0 aliphatic rings. The van der Waals surface area contributed by atoms with Gasteiger partial charge < -0.3 is 14.0 Å². The summed E-state index contributed by atoms with van der Waals surface area (Å²) in [5, 5.41) is 0.823. The molecule has 0 saturated carbocycles. The van der Waals surface area contributed by atoms with E-state index in [0.717, 1.165) is 36.6 Å². The zero-order valence-electron chi connectivity index (χ0n) is 30.2. The SMILES string of the molecule is CCCCCc1ccc(-c2cc3ccc(OC(C)(C)CC(C)(C)OC(=O)C(CC(C)(C)C)C(C)(C)C)cc3n2C)c(C(F)(F)F)c1. The first kappa shape index (κ1) is 37.5. The Labute approximate surface area is 275 Å². The van der Waals surface area contributed by atoms with Crippen LogP contribution in [0.3, 0.4) is 0 Å². The van der Waals surface area contributed by atoms with Gasteiger partial charge in [0.05, 0.1) is 17.0 Å². The number of halogens is 3. The van der Waals surface area contributed by atoms with Crippen molar-refractivity contribution in [2.24, 2.45) is 23.8 Å². The number of aromatic nitrogens is 1. The van der Waals surface area contributed by atoms with Crippen molar-refractivity contribution in [3.8, 4) is 17.0 Å². The average Bonchev–Trinajstić information content (AvgIpc) is 3.20. The predicted molar refractivity (Wildman–Crippen MR) is 183 cm³/mol. The third-order valence-electron chi connectivity index (χ3n) is 8.52. The number of alkyl halides is 3. The van der Waals surface area contributed by atoms with Crippen molar-refractivity contribution in [2.75, 3.05) is 0 Å². The minimum atomic E-state index is -4.47. The number of carbonyl (C=O) groups is 1. The highest BCUT2D eigenvalue weighted by molar-refractivity contribution is 5.88. The first-order valence-electron chi connectivity index (χ1n) is 16.6. The van der Waals surface area contributed by atoms with Crippen LogP contribution in [0.15, 0.2) is 42.5 Å². The van der Waals surface area contributed by atoms with Gasteiger partial charge in [-0.05, 0) is 87.6 Å². The van der Waals surface area contributed by atoms with Crippen LogP contribution >= 0.6 is 0 Å². The van der Waals surface area contributed by atoms with Crippen LogP contribution in [0.5, 0.6) is 5.75 Å². The molecule has 0 bridgehead atoms. The van der Waals surface area contributed by atoms with Crippen molar-refractivity contribution in [2.45, 2.75) is 132 Å². The minimum absolute atomic E-state index is 0.0229. The zero-order valence-corrected chi connectivity index (χ0v) is 30.2. The second-order valence-corrected chi connectivity index (χ2v) is 16.5. The molecule has 2 aromatic carbocycles. The van der Waals surface area contributed by atoms with Gasteiger partial charge in [-0.1, -0.05) is 73.4 Å². The molecule has 0 amide bonds. The highest BCUT2D eigenvalue weighted by Gasteiger charge is 2.40. The van der Waals surface area contributed by atoms with Crippen LogP contribution in [-0.4, -0.2) is 21.7 Å². The quantitative estimate of drug-likeness (QED) is 0.146. The van der Waals surface area contributed by atoms with E-state index in [-0.39, 0.29) is 28.3 Å². The normalized spacial score (nSPS) is 14.1. The van der Waals surface area contributed by atoms with E-state index in [4.69, 9.17) is 9.47 Å². The number of benzene rings is 2. The van der Waals surface area contributed by atoms with Crippen molar-refractivity contribution in [3.05, 3.63) is 53.6 Å². The van der Waals surface area contributed by atoms with Crippen LogP contribution < -0.4 is 4.74 Å². The number of aryl methyl sites for hydroxylation is 2. The van der Waals surface area contributed by atoms with Crippen LogP contribution in [0.25, 0.3) is 22.2 Å². The number of carbonyl (C=O) groups excluding carboxylic acids is 1. The largest absolute Gasteiger partial charge is 0.488 e. The smallest absolute Gasteiger partial charge is 0.417 e. The number of nitrogens with zero attached hydrogens (tertiary/aromatic N) is 1. The molecule has 1 aromatic heterocycles. The van der Waals surface area contributed by atoms with Crippen molar-refractivity contribution >= 4 is 16.9 Å². The molecular formula is C39H56F3NO3. The van der Waals surface area contributed by atoms with Gasteiger partial charge in [0, 0.05) is 36.2 Å². The standard InChI is InChI=1S/C39H56F3NO3/c1-13-14-15-16-26-17-20-29(30(21-26)39(40,41)42)33-22-27-18-19-28(23-32(27)43(33)12)45-37(8,9)25-38(10,11)46-34(44)31(36(5,6)7)24-35(2,3)4/h17-23,31H,13-16,24-25H2,1-12H3. The highest BCUT2D eigenvalue weighted by Crippen LogP contribution is 2.41. The van der Waals surface area contributed by atoms with Crippen molar-refractivity contribution in [1.29, 1.82) is 0 Å². The van der Waals surface area contributed by atoms with Crippen molar-refractivity contribution in [1.82, 2.24) is 4.57 Å². The van der Waals surface area contributed by atoms with Gasteiger partial charge >= 0.3 is 12.1 Å². The van der Waals surface area contributed by atoms with Crippen LogP contribution in [0.2, 0.25) is 0 Å². The summed E-state index contributed by atoms with van der Waals surface area (Å²) in [6, 6.07) is 12.1. The Bertz CT molecular complexity index is 1500. The number of fused-ring (bicyclic) bond motifs is 1. The van der Waals surface area contributed by atoms with E-state index in [1.807, 2.05) is 52.0 Å². The van der Waals surface area contributed by atoms with E-state index in [1.165, 1.54) is 6.07 Å². The molecule has 3 rings (SSSR count). The Morgan fingerprint density at radius 3 is 2.07 bits per heavy atom. The van der Waals surface area contributed by atoms with E-state index in [9.17, 15) is 18.0 Å². The molecule has 46 heavy (non-hydrogen) atoms. The predicted octanol–water partition coefficient (Wildman–Crippen LogP) is 11.6. The lowest BCUT2D eigenvalue weighted by atomic mass is 9.72. The lowest BCUT2D eigenvalue weighted by molar-refractivity contribution is -0.170. The van der Waals surface area contributed by atoms with E-state index in [2.05, 4.69) is 48.5 Å². The molecule has 0 spiro atoms. The van der Waals surface area contributed by atoms with E-state index < -0.39 is 22.9 Å². The van der Waals surface area contributed by atoms with Gasteiger partial charge in [0.25, 0.3) is 0 Å². The fourth-order valence-electron chi connectivity index (χ4n) is 6.53. The number of unbranched alkanes of at least 4 members (excludes halogenated alkanes) is 2. The van der Waals surface area contributed by atoms with Gasteiger partial charge in [-0.25, -0.2) is 0 Å². The van der Waals surface area contributed by atoms with Crippen LogP contribution in [0.4, 0.5) is 13.2 Å². The summed E-state index contributed by atoms with van der Waals surface area (Å²) >= 11 is 0. The van der Waals surface area contributed by atoms with Crippen molar-refractivity contribution < 1.29 is 27.4 Å². The highest BCUT2D eigenvalue weighted by atomic mass is 19.4. The number of esters is 1. The monoisotopic (exact) mass is 643 g/mol.